The number of amides is 2. The molecule has 3 aliphatic rings. The molecule has 2 amide bonds. The maximum absolute atomic E-state index is 12.4. The molecule has 1 heterocycles. The van der Waals surface area contributed by atoms with Gasteiger partial charge in [-0.3, -0.25) is 0 Å². The zero-order valence-electron chi connectivity index (χ0n) is 12.8. The van der Waals surface area contributed by atoms with Crippen LogP contribution in [0.25, 0.3) is 0 Å². The molecule has 0 aromatic carbocycles. The average molecular weight is 294 g/mol. The standard InChI is InChI=1S/C16H26N2O3/c1-16(14(19)20)6-2-3-7-18(16)15(21)17-10-13-9-11-4-5-12(13)8-11/h11-13H,2-10H2,1H3,(H,17,21)(H,19,20). The van der Waals surface area contributed by atoms with Gasteiger partial charge in [-0.2, -0.15) is 0 Å². The summed E-state index contributed by atoms with van der Waals surface area (Å²) in [5, 5.41) is 12.5. The molecule has 2 bridgehead atoms. The lowest BCUT2D eigenvalue weighted by Gasteiger charge is -2.41. The Morgan fingerprint density at radius 2 is 2.10 bits per heavy atom. The lowest BCUT2D eigenvalue weighted by atomic mass is 9.88. The fourth-order valence-corrected chi connectivity index (χ4v) is 4.61. The number of rotatable bonds is 3. The number of hydrogen-bond donors (Lipinski definition) is 2. The van der Waals surface area contributed by atoms with E-state index in [9.17, 15) is 14.7 Å². The van der Waals surface area contributed by atoms with E-state index in [0.29, 0.717) is 25.4 Å². The molecular formula is C16H26N2O3. The quantitative estimate of drug-likeness (QED) is 0.840. The molecule has 21 heavy (non-hydrogen) atoms. The number of likely N-dealkylation sites (tertiary alicyclic amines) is 1. The monoisotopic (exact) mass is 294 g/mol. The molecule has 5 nitrogen and oxygen atoms in total. The Labute approximate surface area is 126 Å². The third kappa shape index (κ3) is 2.62. The van der Waals surface area contributed by atoms with Crippen molar-refractivity contribution in [3.05, 3.63) is 0 Å². The van der Waals surface area contributed by atoms with Crippen molar-refractivity contribution < 1.29 is 14.7 Å². The largest absolute Gasteiger partial charge is 0.480 e. The molecule has 2 N–H and O–H groups in total. The van der Waals surface area contributed by atoms with E-state index >= 15 is 0 Å². The fourth-order valence-electron chi connectivity index (χ4n) is 4.61. The van der Waals surface area contributed by atoms with Crippen LogP contribution in [0.1, 0.15) is 51.9 Å². The average Bonchev–Trinajstić information content (AvgIpc) is 3.07. The maximum atomic E-state index is 12.4. The smallest absolute Gasteiger partial charge is 0.329 e. The molecule has 0 aromatic rings. The Morgan fingerprint density at radius 1 is 1.29 bits per heavy atom. The third-order valence-electron chi connectivity index (χ3n) is 6.00. The van der Waals surface area contributed by atoms with Crippen LogP contribution >= 0.6 is 0 Å². The molecule has 4 unspecified atom stereocenters. The zero-order valence-corrected chi connectivity index (χ0v) is 12.8. The Hall–Kier alpha value is -1.26. The minimum Gasteiger partial charge on any atom is -0.480 e. The summed E-state index contributed by atoms with van der Waals surface area (Å²) in [6.07, 6.45) is 7.55. The van der Waals surface area contributed by atoms with Crippen molar-refractivity contribution >= 4 is 12.0 Å². The van der Waals surface area contributed by atoms with Gasteiger partial charge in [0.1, 0.15) is 5.54 Å². The van der Waals surface area contributed by atoms with Gasteiger partial charge in [0.15, 0.2) is 0 Å². The van der Waals surface area contributed by atoms with Crippen LogP contribution in [0.2, 0.25) is 0 Å². The molecule has 0 aromatic heterocycles. The van der Waals surface area contributed by atoms with Gasteiger partial charge in [0, 0.05) is 13.1 Å². The highest BCUT2D eigenvalue weighted by Gasteiger charge is 2.44. The number of carbonyl (C=O) groups is 2. The number of carbonyl (C=O) groups excluding carboxylic acids is 1. The number of nitrogens with zero attached hydrogens (tertiary/aromatic N) is 1. The Bertz CT molecular complexity index is 439. The van der Waals surface area contributed by atoms with Gasteiger partial charge < -0.3 is 15.3 Å². The normalized spacial score (nSPS) is 38.5. The van der Waals surface area contributed by atoms with E-state index in [1.807, 2.05) is 0 Å². The first-order chi connectivity index (χ1) is 10.0. The molecule has 1 aliphatic heterocycles. The Morgan fingerprint density at radius 3 is 2.71 bits per heavy atom. The predicted octanol–water partition coefficient (Wildman–Crippen LogP) is 2.46. The van der Waals surface area contributed by atoms with E-state index in [1.54, 1.807) is 6.92 Å². The molecule has 2 saturated carbocycles. The lowest BCUT2D eigenvalue weighted by Crippen LogP contribution is -2.60. The predicted molar refractivity (Wildman–Crippen MR) is 78.9 cm³/mol. The van der Waals surface area contributed by atoms with E-state index in [0.717, 1.165) is 24.7 Å². The fraction of sp³-hybridized carbons (Fsp3) is 0.875. The Kier molecular flexibility index (Phi) is 3.84. The zero-order chi connectivity index (χ0) is 15.0. The molecule has 118 valence electrons. The molecule has 2 aliphatic carbocycles. The van der Waals surface area contributed by atoms with Crippen molar-refractivity contribution in [2.75, 3.05) is 13.1 Å². The summed E-state index contributed by atoms with van der Waals surface area (Å²) >= 11 is 0. The van der Waals surface area contributed by atoms with Gasteiger partial charge in [0.2, 0.25) is 0 Å². The van der Waals surface area contributed by atoms with E-state index < -0.39 is 11.5 Å². The van der Waals surface area contributed by atoms with Crippen LogP contribution < -0.4 is 5.32 Å². The number of piperidine rings is 1. The van der Waals surface area contributed by atoms with Crippen molar-refractivity contribution in [3.63, 3.8) is 0 Å². The van der Waals surface area contributed by atoms with Crippen LogP contribution in [-0.4, -0.2) is 40.6 Å². The van der Waals surface area contributed by atoms with Crippen LogP contribution in [0.5, 0.6) is 0 Å². The van der Waals surface area contributed by atoms with Gasteiger partial charge in [0.25, 0.3) is 0 Å². The van der Waals surface area contributed by atoms with Gasteiger partial charge in [-0.15, -0.1) is 0 Å². The summed E-state index contributed by atoms with van der Waals surface area (Å²) in [5.74, 6) is 1.37. The highest BCUT2D eigenvalue weighted by molar-refractivity contribution is 5.86. The first kappa shape index (κ1) is 14.7. The molecule has 1 saturated heterocycles. The number of nitrogens with one attached hydrogen (secondary N) is 1. The second-order valence-electron chi connectivity index (χ2n) is 7.31. The molecule has 3 rings (SSSR count). The number of carboxylic acid groups (broad SMARTS) is 1. The summed E-state index contributed by atoms with van der Waals surface area (Å²) in [5.41, 5.74) is -1.04. The first-order valence-corrected chi connectivity index (χ1v) is 8.29. The van der Waals surface area contributed by atoms with E-state index in [4.69, 9.17) is 0 Å². The van der Waals surface area contributed by atoms with Crippen LogP contribution in [-0.2, 0) is 4.79 Å². The first-order valence-electron chi connectivity index (χ1n) is 8.29. The van der Waals surface area contributed by atoms with E-state index in [1.165, 1.54) is 30.6 Å². The van der Waals surface area contributed by atoms with Gasteiger partial charge in [-0.05, 0) is 63.2 Å². The minimum atomic E-state index is -1.04. The highest BCUT2D eigenvalue weighted by atomic mass is 16.4. The maximum Gasteiger partial charge on any atom is 0.329 e. The van der Waals surface area contributed by atoms with Crippen LogP contribution in [0.3, 0.4) is 0 Å². The van der Waals surface area contributed by atoms with Crippen molar-refractivity contribution in [2.45, 2.75) is 57.4 Å². The second kappa shape index (κ2) is 5.50. The summed E-state index contributed by atoms with van der Waals surface area (Å²) in [6.45, 7) is 2.93. The Balaban J connectivity index is 1.57. The van der Waals surface area contributed by atoms with Gasteiger partial charge in [0.05, 0.1) is 0 Å². The van der Waals surface area contributed by atoms with Crippen molar-refractivity contribution in [2.24, 2.45) is 17.8 Å². The van der Waals surface area contributed by atoms with E-state index in [-0.39, 0.29) is 6.03 Å². The van der Waals surface area contributed by atoms with Crippen LogP contribution in [0, 0.1) is 17.8 Å². The van der Waals surface area contributed by atoms with Crippen molar-refractivity contribution in [1.82, 2.24) is 10.2 Å². The molecule has 0 spiro atoms. The number of urea groups is 1. The number of carboxylic acids is 1. The molecule has 0 radical (unpaired) electrons. The number of fused-ring (bicyclic) bond motifs is 2. The minimum absolute atomic E-state index is 0.192. The number of hydrogen-bond acceptors (Lipinski definition) is 2. The second-order valence-corrected chi connectivity index (χ2v) is 7.31. The third-order valence-corrected chi connectivity index (χ3v) is 6.00. The van der Waals surface area contributed by atoms with Gasteiger partial charge in [-0.1, -0.05) is 6.42 Å². The van der Waals surface area contributed by atoms with Crippen LogP contribution in [0.15, 0.2) is 0 Å². The molecular weight excluding hydrogens is 268 g/mol. The van der Waals surface area contributed by atoms with Crippen molar-refractivity contribution in [3.8, 4) is 0 Å². The van der Waals surface area contributed by atoms with E-state index in [2.05, 4.69) is 5.32 Å². The van der Waals surface area contributed by atoms with Gasteiger partial charge >= 0.3 is 12.0 Å². The van der Waals surface area contributed by atoms with Gasteiger partial charge in [-0.25, -0.2) is 9.59 Å². The van der Waals surface area contributed by atoms with Crippen molar-refractivity contribution in [1.29, 1.82) is 0 Å². The topological polar surface area (TPSA) is 69.6 Å². The molecule has 5 heteroatoms. The summed E-state index contributed by atoms with van der Waals surface area (Å²) in [7, 11) is 0. The van der Waals surface area contributed by atoms with Crippen LogP contribution in [0.4, 0.5) is 4.79 Å². The summed E-state index contributed by atoms with van der Waals surface area (Å²) in [4.78, 5) is 25.5. The molecule has 3 fully saturated rings. The highest BCUT2D eigenvalue weighted by Crippen LogP contribution is 2.47. The number of aliphatic carboxylic acids is 1. The summed E-state index contributed by atoms with van der Waals surface area (Å²) in [6, 6.07) is -0.192. The summed E-state index contributed by atoms with van der Waals surface area (Å²) < 4.78 is 0. The SMILES string of the molecule is CC1(C(=O)O)CCCCN1C(=O)NCC1CC2CCC1C2. The lowest BCUT2D eigenvalue weighted by molar-refractivity contribution is -0.150. The molecule has 4 atom stereocenters.